The maximum Gasteiger partial charge on any atom is 0.276 e. The van der Waals surface area contributed by atoms with Crippen molar-refractivity contribution in [3.8, 4) is 5.75 Å². The Morgan fingerprint density at radius 3 is 2.78 bits per heavy atom. The van der Waals surface area contributed by atoms with E-state index in [4.69, 9.17) is 0 Å². The summed E-state index contributed by atoms with van der Waals surface area (Å²) in [5.41, 5.74) is -1.40. The van der Waals surface area contributed by atoms with E-state index in [1.165, 1.54) is 16.8 Å². The first-order valence-electron chi connectivity index (χ1n) is 10.6. The molecule has 32 heavy (non-hydrogen) atoms. The molecule has 3 N–H and O–H groups in total. The predicted molar refractivity (Wildman–Crippen MR) is 109 cm³/mol. The van der Waals surface area contributed by atoms with Crippen molar-refractivity contribution < 1.29 is 23.5 Å². The number of fused-ring (bicyclic) bond motifs is 4. The van der Waals surface area contributed by atoms with E-state index >= 15 is 0 Å². The van der Waals surface area contributed by atoms with Crippen molar-refractivity contribution in [2.75, 3.05) is 0 Å². The number of nitrogens with zero attached hydrogens (tertiary/aromatic N) is 2. The second-order valence-electron chi connectivity index (χ2n) is 8.49. The molecule has 0 bridgehead atoms. The fourth-order valence-electron chi connectivity index (χ4n) is 5.05. The number of aromatic hydroxyl groups is 1. The van der Waals surface area contributed by atoms with Gasteiger partial charge in [0.15, 0.2) is 11.4 Å². The molecule has 0 radical (unpaired) electrons. The number of hydrogen-bond acceptors (Lipinski definition) is 5. The maximum atomic E-state index is 13.8. The Hall–Kier alpha value is -3.27. The number of aromatic nitrogens is 1. The van der Waals surface area contributed by atoms with Gasteiger partial charge >= 0.3 is 0 Å². The lowest BCUT2D eigenvalue weighted by Crippen LogP contribution is -2.51. The minimum Gasteiger partial charge on any atom is -0.503 e. The zero-order chi connectivity index (χ0) is 22.6. The SMILES string of the molecule is O=C(NCc1ccc(F)cc1F)c1cn2c(c(O)c1=O)C(=O)N1[C@H](C2)N[C@H]2CCCC[C@@H]21. The molecule has 2 aromatic rings. The molecular formula is C22H22F2N4O4. The van der Waals surface area contributed by atoms with E-state index < -0.39 is 34.6 Å². The average molecular weight is 444 g/mol. The van der Waals surface area contributed by atoms with Crippen LogP contribution in [0.1, 0.15) is 52.1 Å². The molecule has 2 amide bonds. The Labute approximate surface area is 181 Å². The van der Waals surface area contributed by atoms with Gasteiger partial charge in [-0.05, 0) is 18.9 Å². The normalized spacial score (nSPS) is 24.0. The van der Waals surface area contributed by atoms with Crippen LogP contribution in [0.15, 0.2) is 29.2 Å². The minimum absolute atomic E-state index is 0.0260. The molecule has 1 aromatic heterocycles. The van der Waals surface area contributed by atoms with Gasteiger partial charge in [0.2, 0.25) is 5.43 Å². The first-order valence-corrected chi connectivity index (χ1v) is 10.6. The summed E-state index contributed by atoms with van der Waals surface area (Å²) in [5, 5.41) is 16.4. The Bertz CT molecular complexity index is 1180. The van der Waals surface area contributed by atoms with Crippen LogP contribution in [0.4, 0.5) is 8.78 Å². The number of pyridine rings is 1. The van der Waals surface area contributed by atoms with Crippen molar-refractivity contribution in [2.24, 2.45) is 0 Å². The highest BCUT2D eigenvalue weighted by atomic mass is 19.1. The van der Waals surface area contributed by atoms with E-state index in [-0.39, 0.29) is 48.2 Å². The fourth-order valence-corrected chi connectivity index (χ4v) is 5.05. The summed E-state index contributed by atoms with van der Waals surface area (Å²) in [6.07, 6.45) is 4.90. The summed E-state index contributed by atoms with van der Waals surface area (Å²) in [6, 6.07) is 3.16. The van der Waals surface area contributed by atoms with E-state index in [1.54, 1.807) is 4.90 Å². The molecule has 3 heterocycles. The Balaban J connectivity index is 1.42. The second kappa shape index (κ2) is 7.70. The third-order valence-corrected chi connectivity index (χ3v) is 6.59. The van der Waals surface area contributed by atoms with Gasteiger partial charge in [0.05, 0.1) is 6.54 Å². The molecule has 8 nitrogen and oxygen atoms in total. The van der Waals surface area contributed by atoms with Crippen LogP contribution in [-0.2, 0) is 13.1 Å². The Morgan fingerprint density at radius 1 is 1.22 bits per heavy atom. The Morgan fingerprint density at radius 2 is 2.00 bits per heavy atom. The van der Waals surface area contributed by atoms with Crippen LogP contribution in [0.25, 0.3) is 0 Å². The predicted octanol–water partition coefficient (Wildman–Crippen LogP) is 1.46. The number of nitrogens with one attached hydrogen (secondary N) is 2. The van der Waals surface area contributed by atoms with Gasteiger partial charge in [-0.3, -0.25) is 19.7 Å². The molecule has 2 aliphatic heterocycles. The number of carbonyl (C=O) groups excluding carboxylic acids is 2. The quantitative estimate of drug-likeness (QED) is 0.665. The second-order valence-corrected chi connectivity index (χ2v) is 8.49. The van der Waals surface area contributed by atoms with Crippen LogP contribution in [0.5, 0.6) is 5.75 Å². The largest absolute Gasteiger partial charge is 0.503 e. The van der Waals surface area contributed by atoms with Crippen molar-refractivity contribution in [1.82, 2.24) is 20.1 Å². The van der Waals surface area contributed by atoms with Crippen molar-refractivity contribution in [3.63, 3.8) is 0 Å². The number of halogens is 2. The van der Waals surface area contributed by atoms with Crippen LogP contribution in [0.3, 0.4) is 0 Å². The van der Waals surface area contributed by atoms with Crippen molar-refractivity contribution in [3.05, 3.63) is 63.1 Å². The topological polar surface area (TPSA) is 104 Å². The summed E-state index contributed by atoms with van der Waals surface area (Å²) < 4.78 is 28.3. The van der Waals surface area contributed by atoms with Gasteiger partial charge in [-0.2, -0.15) is 0 Å². The number of benzene rings is 1. The summed E-state index contributed by atoms with van der Waals surface area (Å²) in [6.45, 7) is 0.0158. The Kier molecular flexibility index (Phi) is 4.96. The molecule has 1 saturated carbocycles. The molecular weight excluding hydrogens is 422 g/mol. The highest BCUT2D eigenvalue weighted by Gasteiger charge is 2.48. The molecule has 0 spiro atoms. The van der Waals surface area contributed by atoms with E-state index in [1.807, 2.05) is 0 Å². The first kappa shape index (κ1) is 20.6. The van der Waals surface area contributed by atoms with Crippen molar-refractivity contribution in [2.45, 2.75) is 57.0 Å². The molecule has 1 aliphatic carbocycles. The maximum absolute atomic E-state index is 13.8. The van der Waals surface area contributed by atoms with Crippen LogP contribution in [-0.4, -0.2) is 44.6 Å². The lowest BCUT2D eigenvalue weighted by Gasteiger charge is -2.37. The molecule has 1 saturated heterocycles. The molecule has 10 heteroatoms. The summed E-state index contributed by atoms with van der Waals surface area (Å²) in [5.74, 6) is -3.59. The number of carbonyl (C=O) groups is 2. The third kappa shape index (κ3) is 3.26. The summed E-state index contributed by atoms with van der Waals surface area (Å²) >= 11 is 0. The molecule has 3 aliphatic rings. The highest BCUT2D eigenvalue weighted by molar-refractivity contribution is 5.99. The third-order valence-electron chi connectivity index (χ3n) is 6.59. The molecule has 5 rings (SSSR count). The molecule has 168 valence electrons. The van der Waals surface area contributed by atoms with Gasteiger partial charge in [0.1, 0.15) is 23.4 Å². The van der Waals surface area contributed by atoms with E-state index in [0.717, 1.165) is 31.7 Å². The van der Waals surface area contributed by atoms with Crippen LogP contribution in [0.2, 0.25) is 0 Å². The average Bonchev–Trinajstić information content (AvgIpc) is 3.14. The standard InChI is InChI=1S/C22H22F2N4O4/c23-12-6-5-11(14(24)7-12)8-25-21(31)13-9-27-10-17-26-15-3-1-2-4-16(15)28(17)22(32)18(27)20(30)19(13)29/h5-7,9,15-17,26,30H,1-4,8,10H2,(H,25,31)/t15-,16-,17+/m0/s1. The van der Waals surface area contributed by atoms with Crippen LogP contribution < -0.4 is 16.1 Å². The number of amides is 2. The molecule has 1 aromatic carbocycles. The smallest absolute Gasteiger partial charge is 0.276 e. The van der Waals surface area contributed by atoms with Crippen LogP contribution in [0, 0.1) is 11.6 Å². The van der Waals surface area contributed by atoms with Crippen molar-refractivity contribution >= 4 is 11.8 Å². The summed E-state index contributed by atoms with van der Waals surface area (Å²) in [7, 11) is 0. The van der Waals surface area contributed by atoms with Crippen LogP contribution >= 0.6 is 0 Å². The highest BCUT2D eigenvalue weighted by Crippen LogP contribution is 2.35. The summed E-state index contributed by atoms with van der Waals surface area (Å²) in [4.78, 5) is 40.2. The number of rotatable bonds is 3. The lowest BCUT2D eigenvalue weighted by molar-refractivity contribution is 0.0544. The zero-order valence-electron chi connectivity index (χ0n) is 17.1. The van der Waals surface area contributed by atoms with E-state index in [0.29, 0.717) is 6.07 Å². The lowest BCUT2D eigenvalue weighted by atomic mass is 9.91. The van der Waals surface area contributed by atoms with Gasteiger partial charge in [0.25, 0.3) is 11.8 Å². The van der Waals surface area contributed by atoms with Gasteiger partial charge in [-0.1, -0.05) is 18.9 Å². The van der Waals surface area contributed by atoms with Crippen molar-refractivity contribution in [1.29, 1.82) is 0 Å². The molecule has 2 fully saturated rings. The fraction of sp³-hybridized carbons (Fsp3) is 0.409. The van der Waals surface area contributed by atoms with E-state index in [2.05, 4.69) is 10.6 Å². The van der Waals surface area contributed by atoms with Gasteiger partial charge in [0, 0.05) is 36.5 Å². The zero-order valence-corrected chi connectivity index (χ0v) is 17.1. The monoisotopic (exact) mass is 444 g/mol. The van der Waals surface area contributed by atoms with Gasteiger partial charge in [-0.25, -0.2) is 8.78 Å². The minimum atomic E-state index is -0.965. The number of hydrogen-bond donors (Lipinski definition) is 3. The molecule has 3 atom stereocenters. The van der Waals surface area contributed by atoms with Gasteiger partial charge in [-0.15, -0.1) is 0 Å². The van der Waals surface area contributed by atoms with Gasteiger partial charge < -0.3 is 19.9 Å². The van der Waals surface area contributed by atoms with E-state index in [9.17, 15) is 28.3 Å². The molecule has 0 unspecified atom stereocenters. The first-order chi connectivity index (χ1) is 15.3.